The second-order valence-electron chi connectivity index (χ2n) is 5.11. The smallest absolute Gasteiger partial charge is 0.161 e. The number of aliphatic imine (C=N–C) groups is 1. The molecule has 0 N–H and O–H groups in total. The summed E-state index contributed by atoms with van der Waals surface area (Å²) in [6, 6.07) is 13.3. The second-order valence-corrected chi connectivity index (χ2v) is 5.11. The van der Waals surface area contributed by atoms with Crippen LogP contribution in [0.5, 0.6) is 23.0 Å². The minimum atomic E-state index is -0.0821. The van der Waals surface area contributed by atoms with Crippen molar-refractivity contribution in [2.45, 2.75) is 6.10 Å². The van der Waals surface area contributed by atoms with Gasteiger partial charge in [-0.25, -0.2) is 0 Å². The molecule has 0 aliphatic carbocycles. The van der Waals surface area contributed by atoms with Gasteiger partial charge in [-0.1, -0.05) is 12.1 Å². The van der Waals surface area contributed by atoms with Crippen LogP contribution in [0.2, 0.25) is 0 Å². The molecule has 1 unspecified atom stereocenters. The maximum atomic E-state index is 5.87. The summed E-state index contributed by atoms with van der Waals surface area (Å²) in [6.45, 7) is 1.03. The van der Waals surface area contributed by atoms with Crippen LogP contribution in [0, 0.1) is 0 Å². The van der Waals surface area contributed by atoms with E-state index in [1.54, 1.807) is 20.4 Å². The number of fused-ring (bicyclic) bond motifs is 1. The Labute approximate surface area is 147 Å². The van der Waals surface area contributed by atoms with E-state index >= 15 is 0 Å². The topological polar surface area (TPSA) is 49.3 Å². The fourth-order valence-corrected chi connectivity index (χ4v) is 2.36. The summed E-state index contributed by atoms with van der Waals surface area (Å²) in [5, 5.41) is 0. The molecule has 2 aromatic rings. The lowest BCUT2D eigenvalue weighted by atomic mass is 10.2. The van der Waals surface area contributed by atoms with Gasteiger partial charge < -0.3 is 18.9 Å². The first-order chi connectivity index (χ1) is 11.3. The van der Waals surface area contributed by atoms with Crippen molar-refractivity contribution in [1.29, 1.82) is 0 Å². The molecule has 2 aromatic carbocycles. The number of hydrogen-bond acceptors (Lipinski definition) is 5. The van der Waals surface area contributed by atoms with Crippen LogP contribution in [0.1, 0.15) is 5.56 Å². The SMILES string of the molecule is COc1ccc(C=NCC2COc3ccccc3O2)cc1OC.Cl. The summed E-state index contributed by atoms with van der Waals surface area (Å²) in [5.74, 6) is 2.94. The van der Waals surface area contributed by atoms with Gasteiger partial charge in [0.1, 0.15) is 6.61 Å². The highest BCUT2D eigenvalue weighted by Gasteiger charge is 2.19. The zero-order chi connectivity index (χ0) is 16.1. The Kier molecular flexibility index (Phi) is 6.32. The van der Waals surface area contributed by atoms with Crippen molar-refractivity contribution < 1.29 is 18.9 Å². The normalized spacial score (nSPS) is 15.7. The van der Waals surface area contributed by atoms with Crippen LogP contribution in [-0.2, 0) is 0 Å². The van der Waals surface area contributed by atoms with Crippen molar-refractivity contribution in [3.8, 4) is 23.0 Å². The molecule has 0 spiro atoms. The first-order valence-corrected chi connectivity index (χ1v) is 7.40. The number of para-hydroxylation sites is 2. The van der Waals surface area contributed by atoms with Crippen LogP contribution in [0.15, 0.2) is 47.5 Å². The fourth-order valence-electron chi connectivity index (χ4n) is 2.36. The lowest BCUT2D eigenvalue weighted by Crippen LogP contribution is -2.31. The molecule has 3 rings (SSSR count). The van der Waals surface area contributed by atoms with Crippen LogP contribution in [0.4, 0.5) is 0 Å². The van der Waals surface area contributed by atoms with Crippen molar-refractivity contribution >= 4 is 18.6 Å². The zero-order valence-corrected chi connectivity index (χ0v) is 14.4. The standard InChI is InChI=1S/C18H19NO4.ClH/c1-20-15-8-7-13(9-18(15)21-2)10-19-11-14-12-22-16-5-3-4-6-17(16)23-14;/h3-10,14H,11-12H2,1-2H3;1H. The van der Waals surface area contributed by atoms with Crippen LogP contribution in [-0.4, -0.2) is 39.7 Å². The van der Waals surface area contributed by atoms with E-state index in [0.29, 0.717) is 24.7 Å². The number of methoxy groups -OCH3 is 2. The Bertz CT molecular complexity index is 705. The van der Waals surface area contributed by atoms with Gasteiger partial charge in [0.15, 0.2) is 29.1 Å². The van der Waals surface area contributed by atoms with E-state index in [0.717, 1.165) is 17.1 Å². The first-order valence-electron chi connectivity index (χ1n) is 7.40. The molecule has 1 heterocycles. The summed E-state index contributed by atoms with van der Waals surface area (Å²) < 4.78 is 22.0. The van der Waals surface area contributed by atoms with Gasteiger partial charge in [-0.2, -0.15) is 0 Å². The number of hydrogen-bond donors (Lipinski definition) is 0. The summed E-state index contributed by atoms with van der Waals surface area (Å²) in [4.78, 5) is 4.44. The average molecular weight is 350 g/mol. The van der Waals surface area contributed by atoms with Crippen LogP contribution in [0.3, 0.4) is 0 Å². The number of ether oxygens (including phenoxy) is 4. The van der Waals surface area contributed by atoms with E-state index < -0.39 is 0 Å². The minimum Gasteiger partial charge on any atom is -0.493 e. The molecule has 1 aliphatic rings. The van der Waals surface area contributed by atoms with Gasteiger partial charge in [-0.3, -0.25) is 4.99 Å². The molecule has 1 atom stereocenters. The molecule has 5 nitrogen and oxygen atoms in total. The number of halogens is 1. The molecule has 0 saturated heterocycles. The number of rotatable bonds is 5. The van der Waals surface area contributed by atoms with Crippen LogP contribution >= 0.6 is 12.4 Å². The van der Waals surface area contributed by atoms with Crippen LogP contribution < -0.4 is 18.9 Å². The molecule has 0 radical (unpaired) electrons. The number of nitrogens with zero attached hydrogens (tertiary/aromatic N) is 1. The van der Waals surface area contributed by atoms with Gasteiger partial charge in [0, 0.05) is 6.21 Å². The molecule has 0 fully saturated rings. The third-order valence-electron chi connectivity index (χ3n) is 3.52. The Morgan fingerprint density at radius 3 is 2.58 bits per heavy atom. The number of benzene rings is 2. The van der Waals surface area contributed by atoms with Gasteiger partial charge in [-0.05, 0) is 35.9 Å². The predicted octanol–water partition coefficient (Wildman–Crippen LogP) is 3.38. The molecule has 0 bridgehead atoms. The van der Waals surface area contributed by atoms with E-state index in [9.17, 15) is 0 Å². The van der Waals surface area contributed by atoms with E-state index in [1.807, 2.05) is 42.5 Å². The largest absolute Gasteiger partial charge is 0.493 e. The first kappa shape index (κ1) is 17.9. The minimum absolute atomic E-state index is 0. The van der Waals surface area contributed by atoms with Gasteiger partial charge in [-0.15, -0.1) is 12.4 Å². The van der Waals surface area contributed by atoms with E-state index in [4.69, 9.17) is 18.9 Å². The molecule has 24 heavy (non-hydrogen) atoms. The molecular weight excluding hydrogens is 330 g/mol. The monoisotopic (exact) mass is 349 g/mol. The summed E-state index contributed by atoms with van der Waals surface area (Å²) in [6.07, 6.45) is 1.72. The second kappa shape index (κ2) is 8.45. The van der Waals surface area contributed by atoms with E-state index in [2.05, 4.69) is 4.99 Å². The maximum absolute atomic E-state index is 5.87. The van der Waals surface area contributed by atoms with Crippen molar-refractivity contribution in [3.05, 3.63) is 48.0 Å². The Morgan fingerprint density at radius 2 is 1.83 bits per heavy atom. The lowest BCUT2D eigenvalue weighted by Gasteiger charge is -2.25. The molecule has 6 heteroatoms. The molecule has 128 valence electrons. The third-order valence-corrected chi connectivity index (χ3v) is 3.52. The van der Waals surface area contributed by atoms with Gasteiger partial charge >= 0.3 is 0 Å². The van der Waals surface area contributed by atoms with Crippen molar-refractivity contribution in [3.63, 3.8) is 0 Å². The summed E-state index contributed by atoms with van der Waals surface area (Å²) in [5.41, 5.74) is 0.944. The maximum Gasteiger partial charge on any atom is 0.161 e. The van der Waals surface area contributed by atoms with Crippen molar-refractivity contribution in [2.75, 3.05) is 27.4 Å². The highest BCUT2D eigenvalue weighted by atomic mass is 35.5. The van der Waals surface area contributed by atoms with Gasteiger partial charge in [0.05, 0.1) is 20.8 Å². The van der Waals surface area contributed by atoms with Gasteiger partial charge in [0.25, 0.3) is 0 Å². The summed E-state index contributed by atoms with van der Waals surface area (Å²) in [7, 11) is 3.23. The fraction of sp³-hybridized carbons (Fsp3) is 0.278. The molecule has 0 amide bonds. The lowest BCUT2D eigenvalue weighted by molar-refractivity contribution is 0.0973. The van der Waals surface area contributed by atoms with Crippen molar-refractivity contribution in [2.24, 2.45) is 4.99 Å². The molecule has 0 saturated carbocycles. The molecule has 1 aliphatic heterocycles. The van der Waals surface area contributed by atoms with E-state index in [1.165, 1.54) is 0 Å². The average Bonchev–Trinajstić information content (AvgIpc) is 2.61. The molecule has 0 aromatic heterocycles. The Morgan fingerprint density at radius 1 is 1.08 bits per heavy atom. The quantitative estimate of drug-likeness (QED) is 0.776. The Hall–Kier alpha value is -2.40. The zero-order valence-electron chi connectivity index (χ0n) is 13.6. The highest BCUT2D eigenvalue weighted by Crippen LogP contribution is 2.31. The molecular formula is C18H20ClNO4. The van der Waals surface area contributed by atoms with Crippen molar-refractivity contribution in [1.82, 2.24) is 0 Å². The Balaban J connectivity index is 0.00000208. The highest BCUT2D eigenvalue weighted by molar-refractivity contribution is 5.85. The summed E-state index contributed by atoms with van der Waals surface area (Å²) >= 11 is 0. The third kappa shape index (κ3) is 4.11. The van der Waals surface area contributed by atoms with Crippen LogP contribution in [0.25, 0.3) is 0 Å². The predicted molar refractivity (Wildman–Crippen MR) is 95.6 cm³/mol. The van der Waals surface area contributed by atoms with Gasteiger partial charge in [0.2, 0.25) is 0 Å². The van der Waals surface area contributed by atoms with E-state index in [-0.39, 0.29) is 18.5 Å².